The molecular formula is C18H22N2O4. The first-order valence-electron chi connectivity index (χ1n) is 8.49. The number of hydrogen-bond donors (Lipinski definition) is 2. The summed E-state index contributed by atoms with van der Waals surface area (Å²) in [5.74, 6) is 0.326. The van der Waals surface area contributed by atoms with E-state index in [9.17, 15) is 9.90 Å². The van der Waals surface area contributed by atoms with Crippen molar-refractivity contribution in [2.24, 2.45) is 5.92 Å². The van der Waals surface area contributed by atoms with E-state index in [1.54, 1.807) is 18.5 Å². The minimum atomic E-state index is -0.284. The van der Waals surface area contributed by atoms with Crippen LogP contribution in [0.5, 0.6) is 0 Å². The van der Waals surface area contributed by atoms with Gasteiger partial charge >= 0.3 is 5.97 Å². The second-order valence-electron chi connectivity index (χ2n) is 7.00. The Bertz CT molecular complexity index is 694. The van der Waals surface area contributed by atoms with Crippen molar-refractivity contribution < 1.29 is 19.4 Å². The zero-order chi connectivity index (χ0) is 16.7. The maximum atomic E-state index is 12.4. The molecule has 0 bridgehead atoms. The first-order valence-corrected chi connectivity index (χ1v) is 8.49. The fourth-order valence-electron chi connectivity index (χ4n) is 3.89. The first kappa shape index (κ1) is 15.6. The summed E-state index contributed by atoms with van der Waals surface area (Å²) in [6.45, 7) is 2.13. The molecule has 0 saturated carbocycles. The standard InChI is InChI=1S/C18H22N2O4/c1-18-6-2-3-11(10-21)4-5-12-13(9-14-19-7-8-20-14)17(22)23-15(12)16(18)24-18/h3,7-9,12,15-16,21H,2,4-6,10H2,1H3,(H,19,20)/b11-3+,13-9+/t12-,15+,16+,18-/m1/s1. The third-order valence-electron chi connectivity index (χ3n) is 5.38. The Kier molecular flexibility index (Phi) is 3.81. The average molecular weight is 330 g/mol. The molecule has 2 fully saturated rings. The number of nitrogens with one attached hydrogen (secondary N) is 1. The average Bonchev–Trinajstić information content (AvgIpc) is 2.89. The Morgan fingerprint density at radius 2 is 2.42 bits per heavy atom. The highest BCUT2D eigenvalue weighted by Gasteiger charge is 2.61. The van der Waals surface area contributed by atoms with Crippen molar-refractivity contribution in [2.45, 2.75) is 50.4 Å². The predicted molar refractivity (Wildman–Crippen MR) is 86.8 cm³/mol. The number of carbonyl (C=O) groups excluding carboxylic acids is 1. The lowest BCUT2D eigenvalue weighted by Gasteiger charge is -2.19. The number of fused-ring (bicyclic) bond motifs is 3. The van der Waals surface area contributed by atoms with Crippen LogP contribution in [0.15, 0.2) is 29.6 Å². The largest absolute Gasteiger partial charge is 0.455 e. The third-order valence-corrected chi connectivity index (χ3v) is 5.38. The number of rotatable bonds is 2. The van der Waals surface area contributed by atoms with Crippen LogP contribution >= 0.6 is 0 Å². The number of ether oxygens (including phenoxy) is 2. The van der Waals surface area contributed by atoms with Crippen LogP contribution in [0.1, 0.15) is 38.4 Å². The van der Waals surface area contributed by atoms with Gasteiger partial charge in [-0.05, 0) is 44.3 Å². The topological polar surface area (TPSA) is 87.7 Å². The molecule has 0 spiro atoms. The maximum Gasteiger partial charge on any atom is 0.334 e. The molecule has 0 radical (unpaired) electrons. The molecule has 3 heterocycles. The fourth-order valence-corrected chi connectivity index (χ4v) is 3.89. The molecule has 0 unspecified atom stereocenters. The number of aliphatic hydroxyl groups excluding tert-OH is 1. The zero-order valence-corrected chi connectivity index (χ0v) is 13.7. The van der Waals surface area contributed by atoms with Gasteiger partial charge < -0.3 is 19.6 Å². The maximum absolute atomic E-state index is 12.4. The van der Waals surface area contributed by atoms with Crippen LogP contribution in [-0.2, 0) is 14.3 Å². The smallest absolute Gasteiger partial charge is 0.334 e. The number of nitrogens with zero attached hydrogens (tertiary/aromatic N) is 1. The molecule has 1 aliphatic carbocycles. The summed E-state index contributed by atoms with van der Waals surface area (Å²) in [7, 11) is 0. The molecular weight excluding hydrogens is 308 g/mol. The number of hydrogen-bond acceptors (Lipinski definition) is 5. The molecule has 4 rings (SSSR count). The quantitative estimate of drug-likeness (QED) is 0.375. The lowest BCUT2D eigenvalue weighted by Crippen LogP contribution is -2.29. The second kappa shape index (κ2) is 5.86. The fraction of sp³-hybridized carbons (Fsp3) is 0.556. The molecule has 0 amide bonds. The van der Waals surface area contributed by atoms with E-state index in [1.807, 2.05) is 0 Å². The molecule has 0 aromatic carbocycles. The molecule has 1 aromatic heterocycles. The number of aromatic nitrogens is 2. The molecule has 6 heteroatoms. The molecule has 128 valence electrons. The van der Waals surface area contributed by atoms with Crippen LogP contribution in [0.2, 0.25) is 0 Å². The van der Waals surface area contributed by atoms with Crippen LogP contribution in [0, 0.1) is 5.92 Å². The van der Waals surface area contributed by atoms with Crippen molar-refractivity contribution in [3.63, 3.8) is 0 Å². The van der Waals surface area contributed by atoms with Crippen LogP contribution < -0.4 is 0 Å². The van der Waals surface area contributed by atoms with Gasteiger partial charge in [-0.25, -0.2) is 9.78 Å². The summed E-state index contributed by atoms with van der Waals surface area (Å²) in [4.78, 5) is 19.6. The van der Waals surface area contributed by atoms with E-state index in [4.69, 9.17) is 9.47 Å². The van der Waals surface area contributed by atoms with Crippen LogP contribution in [-0.4, -0.2) is 45.5 Å². The lowest BCUT2D eigenvalue weighted by molar-refractivity contribution is -0.140. The molecule has 2 saturated heterocycles. The minimum Gasteiger partial charge on any atom is -0.455 e. The predicted octanol–water partition coefficient (Wildman–Crippen LogP) is 1.98. The van der Waals surface area contributed by atoms with Gasteiger partial charge in [0.1, 0.15) is 18.0 Å². The van der Waals surface area contributed by atoms with Crippen molar-refractivity contribution in [1.82, 2.24) is 9.97 Å². The summed E-state index contributed by atoms with van der Waals surface area (Å²) < 4.78 is 11.6. The molecule has 6 nitrogen and oxygen atoms in total. The minimum absolute atomic E-state index is 0.0394. The summed E-state index contributed by atoms with van der Waals surface area (Å²) in [5.41, 5.74) is 1.43. The van der Waals surface area contributed by atoms with Gasteiger partial charge in [0.2, 0.25) is 0 Å². The Morgan fingerprint density at radius 3 is 3.17 bits per heavy atom. The van der Waals surface area contributed by atoms with Crippen LogP contribution in [0.4, 0.5) is 0 Å². The van der Waals surface area contributed by atoms with E-state index < -0.39 is 0 Å². The first-order chi connectivity index (χ1) is 11.6. The van der Waals surface area contributed by atoms with E-state index in [2.05, 4.69) is 23.0 Å². The van der Waals surface area contributed by atoms with E-state index in [-0.39, 0.29) is 36.3 Å². The number of aromatic amines is 1. The van der Waals surface area contributed by atoms with Crippen molar-refractivity contribution >= 4 is 12.0 Å². The highest BCUT2D eigenvalue weighted by molar-refractivity contribution is 5.96. The number of imidazole rings is 1. The van der Waals surface area contributed by atoms with Crippen molar-refractivity contribution in [2.75, 3.05) is 6.61 Å². The summed E-state index contributed by atoms with van der Waals surface area (Å²) >= 11 is 0. The van der Waals surface area contributed by atoms with Gasteiger partial charge in [0.05, 0.1) is 12.2 Å². The Labute approximate surface area is 140 Å². The monoisotopic (exact) mass is 330 g/mol. The Balaban J connectivity index is 1.66. The van der Waals surface area contributed by atoms with Gasteiger partial charge in [0, 0.05) is 23.9 Å². The SMILES string of the molecule is C[C@@]12CC/C=C(/CO)CC[C@@H]3/C(=C\c4ncc[nH]4)C(=O)O[C@@H]3[C@@H]1O2. The lowest BCUT2D eigenvalue weighted by atomic mass is 9.83. The van der Waals surface area contributed by atoms with Crippen molar-refractivity contribution in [3.05, 3.63) is 35.4 Å². The summed E-state index contributed by atoms with van der Waals surface area (Å²) in [5, 5.41) is 9.55. The molecule has 1 aromatic rings. The molecule has 4 atom stereocenters. The molecule has 2 aliphatic heterocycles. The van der Waals surface area contributed by atoms with Gasteiger partial charge in [0.15, 0.2) is 0 Å². The number of epoxide rings is 1. The van der Waals surface area contributed by atoms with Crippen LogP contribution in [0.25, 0.3) is 6.08 Å². The van der Waals surface area contributed by atoms with Gasteiger partial charge in [-0.2, -0.15) is 0 Å². The number of carbonyl (C=O) groups is 1. The number of H-pyrrole nitrogens is 1. The number of allylic oxidation sites excluding steroid dienone is 1. The Hall–Kier alpha value is -1.92. The second-order valence-corrected chi connectivity index (χ2v) is 7.00. The highest BCUT2D eigenvalue weighted by Crippen LogP contribution is 2.50. The Morgan fingerprint density at radius 1 is 1.54 bits per heavy atom. The zero-order valence-electron chi connectivity index (χ0n) is 13.7. The van der Waals surface area contributed by atoms with E-state index >= 15 is 0 Å². The van der Waals surface area contributed by atoms with Crippen molar-refractivity contribution in [3.8, 4) is 0 Å². The van der Waals surface area contributed by atoms with Gasteiger partial charge in [0.25, 0.3) is 0 Å². The highest BCUT2D eigenvalue weighted by atomic mass is 16.6. The number of esters is 1. The van der Waals surface area contributed by atoms with Gasteiger partial charge in [-0.15, -0.1) is 0 Å². The molecule has 24 heavy (non-hydrogen) atoms. The van der Waals surface area contributed by atoms with E-state index in [0.717, 1.165) is 31.3 Å². The molecule has 3 aliphatic rings. The van der Waals surface area contributed by atoms with Gasteiger partial charge in [-0.1, -0.05) is 6.08 Å². The normalized spacial score (nSPS) is 39.6. The van der Waals surface area contributed by atoms with Crippen molar-refractivity contribution in [1.29, 1.82) is 0 Å². The number of aliphatic hydroxyl groups is 1. The van der Waals surface area contributed by atoms with Gasteiger partial charge in [-0.3, -0.25) is 0 Å². The summed E-state index contributed by atoms with van der Waals surface area (Å²) in [6, 6.07) is 0. The third kappa shape index (κ3) is 2.70. The van der Waals surface area contributed by atoms with E-state index in [1.165, 1.54) is 0 Å². The molecule has 2 N–H and O–H groups in total. The van der Waals surface area contributed by atoms with Crippen LogP contribution in [0.3, 0.4) is 0 Å². The van der Waals surface area contributed by atoms with E-state index in [0.29, 0.717) is 11.4 Å². The summed E-state index contributed by atoms with van der Waals surface area (Å²) in [6.07, 6.45) is 10.2.